The highest BCUT2D eigenvalue weighted by Gasteiger charge is 2.03. The number of aromatic nitrogens is 1. The van der Waals surface area contributed by atoms with E-state index in [2.05, 4.69) is 66.3 Å². The molecule has 114 valence electrons. The van der Waals surface area contributed by atoms with E-state index in [0.29, 0.717) is 5.92 Å². The van der Waals surface area contributed by atoms with Gasteiger partial charge in [-0.15, -0.1) is 0 Å². The van der Waals surface area contributed by atoms with E-state index >= 15 is 0 Å². The maximum absolute atomic E-state index is 5.05. The summed E-state index contributed by atoms with van der Waals surface area (Å²) in [7, 11) is 1.73. The first-order valence-electron chi connectivity index (χ1n) is 7.63. The number of methoxy groups -OCH3 is 1. The molecule has 0 aliphatic heterocycles. The molecule has 0 radical (unpaired) electrons. The van der Waals surface area contributed by atoms with Crippen LogP contribution in [0.4, 0.5) is 0 Å². The highest BCUT2D eigenvalue weighted by atomic mass is 16.5. The van der Waals surface area contributed by atoms with Crippen molar-refractivity contribution in [2.24, 2.45) is 0 Å². The van der Waals surface area contributed by atoms with Gasteiger partial charge in [-0.2, -0.15) is 0 Å². The molecule has 2 aromatic rings. The number of ether oxygens (including phenoxy) is 1. The van der Waals surface area contributed by atoms with Crippen LogP contribution < -0.4 is 5.32 Å². The van der Waals surface area contributed by atoms with Crippen molar-refractivity contribution in [1.29, 1.82) is 0 Å². The van der Waals surface area contributed by atoms with Crippen LogP contribution >= 0.6 is 0 Å². The second kappa shape index (κ2) is 8.01. The molecule has 0 atom stereocenters. The molecule has 1 aromatic carbocycles. The maximum Gasteiger partial charge on any atom is 0.0587 e. The third-order valence-corrected chi connectivity index (χ3v) is 3.71. The molecule has 1 N–H and O–H groups in total. The van der Waals surface area contributed by atoms with Crippen LogP contribution in [0, 0.1) is 0 Å². The molecule has 0 spiro atoms. The molecule has 3 nitrogen and oxygen atoms in total. The highest BCUT2D eigenvalue weighted by molar-refractivity contribution is 5.25. The molecule has 0 amide bonds. The van der Waals surface area contributed by atoms with Crippen LogP contribution in [0.5, 0.6) is 0 Å². The highest BCUT2D eigenvalue weighted by Crippen LogP contribution is 2.16. The Morgan fingerprint density at radius 3 is 2.57 bits per heavy atom. The lowest BCUT2D eigenvalue weighted by Crippen LogP contribution is -2.20. The van der Waals surface area contributed by atoms with Gasteiger partial charge in [0.1, 0.15) is 0 Å². The van der Waals surface area contributed by atoms with Gasteiger partial charge in [0.2, 0.25) is 0 Å². The molecule has 21 heavy (non-hydrogen) atoms. The van der Waals surface area contributed by atoms with E-state index in [1.807, 2.05) is 0 Å². The number of rotatable bonds is 8. The molecule has 0 aliphatic rings. The Hall–Kier alpha value is -1.58. The number of benzene rings is 1. The Morgan fingerprint density at radius 1 is 1.14 bits per heavy atom. The topological polar surface area (TPSA) is 26.2 Å². The summed E-state index contributed by atoms with van der Waals surface area (Å²) in [4.78, 5) is 0. The first kappa shape index (κ1) is 15.8. The Bertz CT molecular complexity index is 528. The van der Waals surface area contributed by atoms with Gasteiger partial charge < -0.3 is 14.6 Å². The van der Waals surface area contributed by atoms with Crippen molar-refractivity contribution in [2.75, 3.05) is 20.3 Å². The van der Waals surface area contributed by atoms with Crippen LogP contribution in [0.2, 0.25) is 0 Å². The first-order valence-corrected chi connectivity index (χ1v) is 7.63. The quantitative estimate of drug-likeness (QED) is 0.753. The zero-order valence-corrected chi connectivity index (χ0v) is 13.3. The van der Waals surface area contributed by atoms with E-state index in [1.165, 1.54) is 16.8 Å². The minimum absolute atomic E-state index is 0.589. The van der Waals surface area contributed by atoms with Crippen molar-refractivity contribution in [3.63, 3.8) is 0 Å². The van der Waals surface area contributed by atoms with Gasteiger partial charge in [-0.05, 0) is 29.2 Å². The smallest absolute Gasteiger partial charge is 0.0587 e. The summed E-state index contributed by atoms with van der Waals surface area (Å²) >= 11 is 0. The lowest BCUT2D eigenvalue weighted by Gasteiger charge is -2.11. The number of nitrogens with zero attached hydrogens (tertiary/aromatic N) is 1. The lowest BCUT2D eigenvalue weighted by atomic mass is 10.0. The molecule has 0 saturated carbocycles. The predicted molar refractivity (Wildman–Crippen MR) is 87.6 cm³/mol. The van der Waals surface area contributed by atoms with E-state index in [9.17, 15) is 0 Å². The summed E-state index contributed by atoms with van der Waals surface area (Å²) in [6, 6.07) is 13.2. The van der Waals surface area contributed by atoms with E-state index in [1.54, 1.807) is 7.11 Å². The SMILES string of the molecule is COCCNCc1cccn1Cc1ccc(C(C)C)cc1. The van der Waals surface area contributed by atoms with Gasteiger partial charge in [0.05, 0.1) is 6.61 Å². The van der Waals surface area contributed by atoms with E-state index in [4.69, 9.17) is 4.74 Å². The molecule has 0 saturated heterocycles. The van der Waals surface area contributed by atoms with Crippen molar-refractivity contribution in [2.45, 2.75) is 32.9 Å². The number of hydrogen-bond donors (Lipinski definition) is 1. The third-order valence-electron chi connectivity index (χ3n) is 3.71. The molecule has 1 aromatic heterocycles. The molecular formula is C18H26N2O. The maximum atomic E-state index is 5.05. The zero-order chi connectivity index (χ0) is 15.1. The van der Waals surface area contributed by atoms with E-state index in [-0.39, 0.29) is 0 Å². The van der Waals surface area contributed by atoms with Crippen LogP contribution in [0.3, 0.4) is 0 Å². The fraction of sp³-hybridized carbons (Fsp3) is 0.444. The minimum Gasteiger partial charge on any atom is -0.383 e. The largest absolute Gasteiger partial charge is 0.383 e. The monoisotopic (exact) mass is 286 g/mol. The van der Waals surface area contributed by atoms with E-state index < -0.39 is 0 Å². The second-order valence-electron chi connectivity index (χ2n) is 5.69. The molecule has 0 aliphatic carbocycles. The van der Waals surface area contributed by atoms with Crippen LogP contribution in [0.25, 0.3) is 0 Å². The normalized spacial score (nSPS) is 11.2. The molecule has 0 fully saturated rings. The molecule has 0 unspecified atom stereocenters. The van der Waals surface area contributed by atoms with Gasteiger partial charge in [0.15, 0.2) is 0 Å². The van der Waals surface area contributed by atoms with Crippen molar-refractivity contribution in [3.8, 4) is 0 Å². The van der Waals surface area contributed by atoms with Gasteiger partial charge in [0, 0.05) is 38.6 Å². The van der Waals surface area contributed by atoms with Gasteiger partial charge >= 0.3 is 0 Å². The van der Waals surface area contributed by atoms with Gasteiger partial charge in [-0.1, -0.05) is 38.1 Å². The molecule has 0 bridgehead atoms. The van der Waals surface area contributed by atoms with Crippen molar-refractivity contribution in [3.05, 3.63) is 59.4 Å². The lowest BCUT2D eigenvalue weighted by molar-refractivity contribution is 0.199. The summed E-state index contributed by atoms with van der Waals surface area (Å²) in [5.41, 5.74) is 4.04. The van der Waals surface area contributed by atoms with Crippen LogP contribution in [0.1, 0.15) is 36.6 Å². The fourth-order valence-corrected chi connectivity index (χ4v) is 2.36. The zero-order valence-electron chi connectivity index (χ0n) is 13.3. The summed E-state index contributed by atoms with van der Waals surface area (Å²) in [5.74, 6) is 0.589. The molecule has 3 heteroatoms. The standard InChI is InChI=1S/C18H26N2O/c1-15(2)17-8-6-16(7-9-17)14-20-11-4-5-18(20)13-19-10-12-21-3/h4-9,11,15,19H,10,12-14H2,1-3H3. The Balaban J connectivity index is 1.95. The Kier molecular flexibility index (Phi) is 6.03. The molecule has 2 rings (SSSR count). The summed E-state index contributed by atoms with van der Waals surface area (Å²) in [6.07, 6.45) is 2.14. The van der Waals surface area contributed by atoms with Gasteiger partial charge in [0.25, 0.3) is 0 Å². The Labute approximate surface area is 127 Å². The van der Waals surface area contributed by atoms with Crippen molar-refractivity contribution < 1.29 is 4.74 Å². The second-order valence-corrected chi connectivity index (χ2v) is 5.69. The molecular weight excluding hydrogens is 260 g/mol. The van der Waals surface area contributed by atoms with Crippen molar-refractivity contribution in [1.82, 2.24) is 9.88 Å². The summed E-state index contributed by atoms with van der Waals surface area (Å²) < 4.78 is 7.34. The van der Waals surface area contributed by atoms with Crippen LogP contribution in [-0.2, 0) is 17.8 Å². The average Bonchev–Trinajstić information content (AvgIpc) is 2.91. The summed E-state index contributed by atoms with van der Waals surface area (Å²) in [6.45, 7) is 7.88. The Morgan fingerprint density at radius 2 is 1.90 bits per heavy atom. The average molecular weight is 286 g/mol. The fourth-order valence-electron chi connectivity index (χ4n) is 2.36. The van der Waals surface area contributed by atoms with Gasteiger partial charge in [-0.3, -0.25) is 0 Å². The predicted octanol–water partition coefficient (Wildman–Crippen LogP) is 3.40. The van der Waals surface area contributed by atoms with E-state index in [0.717, 1.165) is 26.2 Å². The van der Waals surface area contributed by atoms with Gasteiger partial charge in [-0.25, -0.2) is 0 Å². The first-order chi connectivity index (χ1) is 10.2. The number of nitrogens with one attached hydrogen (secondary N) is 1. The summed E-state index contributed by atoms with van der Waals surface area (Å²) in [5, 5.41) is 3.39. The molecule has 1 heterocycles. The third kappa shape index (κ3) is 4.73. The minimum atomic E-state index is 0.589. The van der Waals surface area contributed by atoms with Crippen molar-refractivity contribution >= 4 is 0 Å². The number of hydrogen-bond acceptors (Lipinski definition) is 2. The van der Waals surface area contributed by atoms with Crippen LogP contribution in [0.15, 0.2) is 42.6 Å². The van der Waals surface area contributed by atoms with Crippen LogP contribution in [-0.4, -0.2) is 24.8 Å².